The molecule has 0 unspecified atom stereocenters. The molecule has 0 aliphatic carbocycles. The van der Waals surface area contributed by atoms with Crippen molar-refractivity contribution < 1.29 is 9.47 Å². The van der Waals surface area contributed by atoms with Crippen molar-refractivity contribution in [2.24, 2.45) is 5.41 Å². The van der Waals surface area contributed by atoms with Crippen LogP contribution < -0.4 is 4.74 Å². The summed E-state index contributed by atoms with van der Waals surface area (Å²) >= 11 is 0. The van der Waals surface area contributed by atoms with Gasteiger partial charge in [0, 0.05) is 43.1 Å². The lowest BCUT2D eigenvalue weighted by Gasteiger charge is -2.39. The summed E-state index contributed by atoms with van der Waals surface area (Å²) in [5.74, 6) is 0.929. The molecule has 1 aromatic carbocycles. The number of benzene rings is 1. The van der Waals surface area contributed by atoms with E-state index in [-0.39, 0.29) is 0 Å². The lowest BCUT2D eigenvalue weighted by Crippen LogP contribution is -2.43. The van der Waals surface area contributed by atoms with Gasteiger partial charge in [-0.1, -0.05) is 6.07 Å². The first-order chi connectivity index (χ1) is 12.3. The summed E-state index contributed by atoms with van der Waals surface area (Å²) in [6, 6.07) is 8.50. The zero-order valence-electron chi connectivity index (χ0n) is 15.0. The zero-order valence-corrected chi connectivity index (χ0v) is 15.0. The van der Waals surface area contributed by atoms with Crippen LogP contribution in [-0.2, 0) is 17.8 Å². The van der Waals surface area contributed by atoms with E-state index < -0.39 is 0 Å². The van der Waals surface area contributed by atoms with Gasteiger partial charge < -0.3 is 9.47 Å². The number of aromatic nitrogens is 2. The van der Waals surface area contributed by atoms with Crippen LogP contribution in [0.15, 0.2) is 36.7 Å². The Bertz CT molecular complexity index is 693. The molecule has 2 saturated heterocycles. The fourth-order valence-corrected chi connectivity index (χ4v) is 4.30. The number of hydrogen-bond donors (Lipinski definition) is 0. The molecular formula is C20H27N3O2. The SMILES string of the molecule is COc1ccc(CN2CCC[C@]3(CCOC3)C2)cc1Cn1cccn1. The first kappa shape index (κ1) is 16.6. The van der Waals surface area contributed by atoms with Gasteiger partial charge in [0.05, 0.1) is 20.3 Å². The van der Waals surface area contributed by atoms with Gasteiger partial charge in [0.15, 0.2) is 0 Å². The van der Waals surface area contributed by atoms with Crippen LogP contribution in [0, 0.1) is 5.41 Å². The molecule has 5 nitrogen and oxygen atoms in total. The van der Waals surface area contributed by atoms with Crippen LogP contribution in [0.2, 0.25) is 0 Å². The molecule has 0 amide bonds. The molecular weight excluding hydrogens is 314 g/mol. The molecule has 0 N–H and O–H groups in total. The van der Waals surface area contributed by atoms with E-state index in [0.717, 1.165) is 38.6 Å². The molecule has 25 heavy (non-hydrogen) atoms. The van der Waals surface area contributed by atoms with E-state index >= 15 is 0 Å². The monoisotopic (exact) mass is 341 g/mol. The summed E-state index contributed by atoms with van der Waals surface area (Å²) in [5, 5.41) is 4.32. The first-order valence-electron chi connectivity index (χ1n) is 9.20. The molecule has 3 heterocycles. The third-order valence-corrected chi connectivity index (χ3v) is 5.57. The van der Waals surface area contributed by atoms with Gasteiger partial charge in [-0.25, -0.2) is 0 Å². The number of rotatable bonds is 5. The highest BCUT2D eigenvalue weighted by Crippen LogP contribution is 2.38. The normalized spacial score (nSPS) is 24.0. The van der Waals surface area contributed by atoms with Gasteiger partial charge in [-0.15, -0.1) is 0 Å². The number of methoxy groups -OCH3 is 1. The molecule has 1 spiro atoms. The third kappa shape index (κ3) is 3.72. The van der Waals surface area contributed by atoms with Crippen molar-refractivity contribution in [1.29, 1.82) is 0 Å². The maximum Gasteiger partial charge on any atom is 0.123 e. The average molecular weight is 341 g/mol. The zero-order chi connectivity index (χ0) is 17.1. The predicted molar refractivity (Wildman–Crippen MR) is 96.7 cm³/mol. The van der Waals surface area contributed by atoms with Gasteiger partial charge in [-0.2, -0.15) is 5.10 Å². The Labute approximate surface area is 149 Å². The number of hydrogen-bond acceptors (Lipinski definition) is 4. The van der Waals surface area contributed by atoms with E-state index in [0.29, 0.717) is 5.41 Å². The van der Waals surface area contributed by atoms with Crippen LogP contribution in [0.1, 0.15) is 30.4 Å². The van der Waals surface area contributed by atoms with Gasteiger partial charge >= 0.3 is 0 Å². The molecule has 2 aliphatic rings. The van der Waals surface area contributed by atoms with Crippen molar-refractivity contribution in [3.63, 3.8) is 0 Å². The smallest absolute Gasteiger partial charge is 0.123 e. The quantitative estimate of drug-likeness (QED) is 0.838. The maximum atomic E-state index is 5.69. The standard InChI is InChI=1S/C20H27N3O2/c1-24-19-5-4-17(12-18(19)14-23-10-3-8-21-23)13-22-9-2-6-20(15-22)7-11-25-16-20/h3-5,8,10,12H,2,6-7,9,11,13-16H2,1H3/t20-/m0/s1. The number of ether oxygens (including phenoxy) is 2. The molecule has 5 heteroatoms. The van der Waals surface area contributed by atoms with Crippen molar-refractivity contribution in [3.05, 3.63) is 47.8 Å². The van der Waals surface area contributed by atoms with Crippen LogP contribution in [0.4, 0.5) is 0 Å². The Balaban J connectivity index is 1.48. The van der Waals surface area contributed by atoms with Crippen LogP contribution >= 0.6 is 0 Å². The Morgan fingerprint density at radius 3 is 3.00 bits per heavy atom. The number of likely N-dealkylation sites (tertiary alicyclic amines) is 1. The lowest BCUT2D eigenvalue weighted by atomic mass is 9.79. The topological polar surface area (TPSA) is 39.5 Å². The molecule has 134 valence electrons. The van der Waals surface area contributed by atoms with E-state index in [1.165, 1.54) is 36.9 Å². The fourth-order valence-electron chi connectivity index (χ4n) is 4.30. The second-order valence-corrected chi connectivity index (χ2v) is 7.47. The summed E-state index contributed by atoms with van der Waals surface area (Å²) in [4.78, 5) is 2.59. The maximum absolute atomic E-state index is 5.69. The lowest BCUT2D eigenvalue weighted by molar-refractivity contribution is 0.0645. The molecule has 1 aromatic heterocycles. The van der Waals surface area contributed by atoms with E-state index in [4.69, 9.17) is 9.47 Å². The minimum Gasteiger partial charge on any atom is -0.496 e. The van der Waals surface area contributed by atoms with Gasteiger partial charge in [0.1, 0.15) is 5.75 Å². The van der Waals surface area contributed by atoms with Crippen molar-refractivity contribution in [3.8, 4) is 5.75 Å². The minimum atomic E-state index is 0.405. The second kappa shape index (κ2) is 7.18. The molecule has 2 aromatic rings. The van der Waals surface area contributed by atoms with E-state index in [2.05, 4.69) is 28.2 Å². The highest BCUT2D eigenvalue weighted by molar-refractivity contribution is 5.37. The Morgan fingerprint density at radius 2 is 2.24 bits per heavy atom. The predicted octanol–water partition coefficient (Wildman–Crippen LogP) is 2.94. The molecule has 2 aliphatic heterocycles. The van der Waals surface area contributed by atoms with Gasteiger partial charge in [-0.05, 0) is 49.6 Å². The highest BCUT2D eigenvalue weighted by atomic mass is 16.5. The van der Waals surface area contributed by atoms with Gasteiger partial charge in [-0.3, -0.25) is 9.58 Å². The van der Waals surface area contributed by atoms with E-state index in [9.17, 15) is 0 Å². The fraction of sp³-hybridized carbons (Fsp3) is 0.550. The van der Waals surface area contributed by atoms with Crippen LogP contribution in [0.25, 0.3) is 0 Å². The van der Waals surface area contributed by atoms with Crippen LogP contribution in [0.5, 0.6) is 5.75 Å². The highest BCUT2D eigenvalue weighted by Gasteiger charge is 2.38. The van der Waals surface area contributed by atoms with E-state index in [1.54, 1.807) is 7.11 Å². The van der Waals surface area contributed by atoms with Crippen molar-refractivity contribution >= 4 is 0 Å². The minimum absolute atomic E-state index is 0.405. The summed E-state index contributed by atoms with van der Waals surface area (Å²) in [5.41, 5.74) is 2.93. The van der Waals surface area contributed by atoms with Crippen molar-refractivity contribution in [1.82, 2.24) is 14.7 Å². The Kier molecular flexibility index (Phi) is 4.77. The van der Waals surface area contributed by atoms with E-state index in [1.807, 2.05) is 23.1 Å². The largest absolute Gasteiger partial charge is 0.496 e. The molecule has 0 saturated carbocycles. The molecule has 4 rings (SSSR count). The third-order valence-electron chi connectivity index (χ3n) is 5.57. The summed E-state index contributed by atoms with van der Waals surface area (Å²) < 4.78 is 13.2. The molecule has 2 fully saturated rings. The Hall–Kier alpha value is -1.85. The van der Waals surface area contributed by atoms with Crippen LogP contribution in [0.3, 0.4) is 0 Å². The summed E-state index contributed by atoms with van der Waals surface area (Å²) in [7, 11) is 1.73. The van der Waals surface area contributed by atoms with Gasteiger partial charge in [0.2, 0.25) is 0 Å². The molecule has 1 atom stereocenters. The second-order valence-electron chi connectivity index (χ2n) is 7.47. The number of nitrogens with zero attached hydrogens (tertiary/aromatic N) is 3. The average Bonchev–Trinajstić information content (AvgIpc) is 3.28. The Morgan fingerprint density at radius 1 is 1.28 bits per heavy atom. The molecule has 0 bridgehead atoms. The van der Waals surface area contributed by atoms with Crippen LogP contribution in [-0.4, -0.2) is 48.1 Å². The van der Waals surface area contributed by atoms with Crippen molar-refractivity contribution in [2.45, 2.75) is 32.4 Å². The van der Waals surface area contributed by atoms with Gasteiger partial charge in [0.25, 0.3) is 0 Å². The van der Waals surface area contributed by atoms with Crippen molar-refractivity contribution in [2.75, 3.05) is 33.4 Å². The molecule has 0 radical (unpaired) electrons. The first-order valence-corrected chi connectivity index (χ1v) is 9.20. The summed E-state index contributed by atoms with van der Waals surface area (Å²) in [6.07, 6.45) is 7.61. The number of piperidine rings is 1. The summed E-state index contributed by atoms with van der Waals surface area (Å²) in [6.45, 7) is 5.95.